The first kappa shape index (κ1) is 15.1. The van der Waals surface area contributed by atoms with E-state index in [1.54, 1.807) is 0 Å². The number of hydrogen-bond acceptors (Lipinski definition) is 2. The Labute approximate surface area is 129 Å². The molecule has 2 aliphatic rings. The summed E-state index contributed by atoms with van der Waals surface area (Å²) < 4.78 is 2.41. The second kappa shape index (κ2) is 6.95. The van der Waals surface area contributed by atoms with Crippen LogP contribution in [0.3, 0.4) is 0 Å². The molecule has 2 fully saturated rings. The quantitative estimate of drug-likeness (QED) is 0.823. The predicted octanol–water partition coefficient (Wildman–Crippen LogP) is 3.96. The first-order chi connectivity index (χ1) is 10.3. The lowest BCUT2D eigenvalue weighted by Gasteiger charge is -2.36. The van der Waals surface area contributed by atoms with Crippen LogP contribution in [0.4, 0.5) is 0 Å². The highest BCUT2D eigenvalue weighted by atomic mass is 15.1. The zero-order chi connectivity index (χ0) is 14.7. The largest absolute Gasteiger partial charge is 0.335 e. The van der Waals surface area contributed by atoms with E-state index in [9.17, 15) is 0 Å². The van der Waals surface area contributed by atoms with Crippen molar-refractivity contribution in [3.8, 4) is 0 Å². The average Bonchev–Trinajstić information content (AvgIpc) is 3.23. The summed E-state index contributed by atoms with van der Waals surface area (Å²) in [5.74, 6) is 3.71. The van der Waals surface area contributed by atoms with Crippen LogP contribution in [0.1, 0.15) is 70.5 Å². The van der Waals surface area contributed by atoms with Crippen molar-refractivity contribution in [2.24, 2.45) is 11.8 Å². The van der Waals surface area contributed by atoms with Crippen molar-refractivity contribution in [1.82, 2.24) is 14.9 Å². The summed E-state index contributed by atoms with van der Waals surface area (Å²) in [6, 6.07) is 0.824. The average molecular weight is 289 g/mol. The fourth-order valence-electron chi connectivity index (χ4n) is 3.94. The molecule has 0 bridgehead atoms. The minimum Gasteiger partial charge on any atom is -0.335 e. The molecule has 118 valence electrons. The number of aromatic nitrogens is 2. The minimum absolute atomic E-state index is 0.663. The second-order valence-corrected chi connectivity index (χ2v) is 7.12. The third-order valence-corrected chi connectivity index (χ3v) is 5.47. The molecule has 1 heterocycles. The van der Waals surface area contributed by atoms with Crippen LogP contribution in [0.5, 0.6) is 0 Å². The predicted molar refractivity (Wildman–Crippen MR) is 87.4 cm³/mol. The first-order valence-corrected chi connectivity index (χ1v) is 9.06. The van der Waals surface area contributed by atoms with Crippen molar-refractivity contribution in [3.05, 3.63) is 18.2 Å². The Balaban J connectivity index is 1.72. The Bertz CT molecular complexity index is 435. The molecule has 0 radical (unpaired) electrons. The van der Waals surface area contributed by atoms with Crippen molar-refractivity contribution < 1.29 is 0 Å². The van der Waals surface area contributed by atoms with Crippen molar-refractivity contribution >= 4 is 0 Å². The van der Waals surface area contributed by atoms with Crippen molar-refractivity contribution in [2.45, 2.75) is 77.3 Å². The van der Waals surface area contributed by atoms with Crippen LogP contribution < -0.4 is 5.32 Å². The van der Waals surface area contributed by atoms with Gasteiger partial charge in [-0.3, -0.25) is 0 Å². The van der Waals surface area contributed by atoms with Crippen LogP contribution in [0, 0.1) is 11.8 Å². The standard InChI is InChI=1S/C18H31N3/c1-3-10-21-11-9-19-18(21)17-12-14(4-2)5-6-15(17)13-20-16-7-8-16/h9,11,14-17,20H,3-8,10,12-13H2,1-2H3. The number of imidazole rings is 1. The van der Waals surface area contributed by atoms with Gasteiger partial charge in [0.05, 0.1) is 0 Å². The SMILES string of the molecule is CCCn1ccnc1C1CC(CC)CCC1CNC1CC1. The van der Waals surface area contributed by atoms with Gasteiger partial charge in [-0.05, 0) is 50.5 Å². The fraction of sp³-hybridized carbons (Fsp3) is 0.833. The van der Waals surface area contributed by atoms with Crippen LogP contribution in [-0.4, -0.2) is 22.1 Å². The molecule has 3 heteroatoms. The zero-order valence-electron chi connectivity index (χ0n) is 13.7. The smallest absolute Gasteiger partial charge is 0.112 e. The molecule has 0 amide bonds. The zero-order valence-corrected chi connectivity index (χ0v) is 13.7. The summed E-state index contributed by atoms with van der Waals surface area (Å²) in [5.41, 5.74) is 0. The third-order valence-electron chi connectivity index (χ3n) is 5.47. The van der Waals surface area contributed by atoms with Gasteiger partial charge in [0, 0.05) is 30.9 Å². The van der Waals surface area contributed by atoms with E-state index < -0.39 is 0 Å². The van der Waals surface area contributed by atoms with E-state index in [1.807, 2.05) is 6.20 Å². The normalized spacial score (nSPS) is 29.7. The highest BCUT2D eigenvalue weighted by Crippen LogP contribution is 2.41. The number of aryl methyl sites for hydroxylation is 1. The third kappa shape index (κ3) is 3.68. The lowest BCUT2D eigenvalue weighted by atomic mass is 9.72. The molecule has 1 N–H and O–H groups in total. The molecule has 0 aromatic carbocycles. The van der Waals surface area contributed by atoms with Crippen LogP contribution in [0.15, 0.2) is 12.4 Å². The molecule has 0 saturated heterocycles. The Kier molecular flexibility index (Phi) is 4.99. The van der Waals surface area contributed by atoms with Gasteiger partial charge in [0.2, 0.25) is 0 Å². The molecule has 0 spiro atoms. The maximum absolute atomic E-state index is 4.76. The van der Waals surface area contributed by atoms with Gasteiger partial charge in [-0.2, -0.15) is 0 Å². The lowest BCUT2D eigenvalue weighted by molar-refractivity contribution is 0.215. The summed E-state index contributed by atoms with van der Waals surface area (Å²) in [4.78, 5) is 4.76. The molecule has 3 nitrogen and oxygen atoms in total. The molecule has 2 saturated carbocycles. The maximum atomic E-state index is 4.76. The Morgan fingerprint density at radius 3 is 2.81 bits per heavy atom. The molecule has 3 rings (SSSR count). The maximum Gasteiger partial charge on any atom is 0.112 e. The lowest BCUT2D eigenvalue weighted by Crippen LogP contribution is -2.34. The van der Waals surface area contributed by atoms with Crippen LogP contribution in [0.2, 0.25) is 0 Å². The summed E-state index contributed by atoms with van der Waals surface area (Å²) in [6.45, 7) is 6.92. The van der Waals surface area contributed by atoms with E-state index >= 15 is 0 Å². The first-order valence-electron chi connectivity index (χ1n) is 9.06. The van der Waals surface area contributed by atoms with E-state index in [1.165, 1.54) is 57.3 Å². The van der Waals surface area contributed by atoms with E-state index in [0.29, 0.717) is 5.92 Å². The molecule has 2 aliphatic carbocycles. The summed E-state index contributed by atoms with van der Waals surface area (Å²) in [7, 11) is 0. The molecular weight excluding hydrogens is 258 g/mol. The van der Waals surface area contributed by atoms with Gasteiger partial charge in [0.25, 0.3) is 0 Å². The molecule has 21 heavy (non-hydrogen) atoms. The fourth-order valence-corrected chi connectivity index (χ4v) is 3.94. The monoisotopic (exact) mass is 289 g/mol. The summed E-state index contributed by atoms with van der Waals surface area (Å²) in [6.07, 6.45) is 13.6. The second-order valence-electron chi connectivity index (χ2n) is 7.12. The number of nitrogens with zero attached hydrogens (tertiary/aromatic N) is 2. The van der Waals surface area contributed by atoms with Gasteiger partial charge < -0.3 is 9.88 Å². The van der Waals surface area contributed by atoms with Gasteiger partial charge in [0.15, 0.2) is 0 Å². The van der Waals surface area contributed by atoms with Crippen LogP contribution >= 0.6 is 0 Å². The Morgan fingerprint density at radius 2 is 2.10 bits per heavy atom. The van der Waals surface area contributed by atoms with Crippen LogP contribution in [-0.2, 0) is 6.54 Å². The van der Waals surface area contributed by atoms with Crippen molar-refractivity contribution in [1.29, 1.82) is 0 Å². The van der Waals surface area contributed by atoms with Crippen LogP contribution in [0.25, 0.3) is 0 Å². The number of nitrogens with one attached hydrogen (secondary N) is 1. The molecule has 0 aliphatic heterocycles. The van der Waals surface area contributed by atoms with E-state index in [2.05, 4.69) is 29.9 Å². The van der Waals surface area contributed by atoms with E-state index in [4.69, 9.17) is 4.98 Å². The van der Waals surface area contributed by atoms with Gasteiger partial charge in [-0.15, -0.1) is 0 Å². The number of hydrogen-bond donors (Lipinski definition) is 1. The molecular formula is C18H31N3. The Hall–Kier alpha value is -0.830. The van der Waals surface area contributed by atoms with E-state index in [-0.39, 0.29) is 0 Å². The van der Waals surface area contributed by atoms with Gasteiger partial charge in [-0.1, -0.05) is 26.7 Å². The molecule has 3 unspecified atom stereocenters. The molecule has 3 atom stereocenters. The topological polar surface area (TPSA) is 29.9 Å². The minimum atomic E-state index is 0.663. The number of rotatable bonds is 7. The molecule has 1 aromatic rings. The Morgan fingerprint density at radius 1 is 1.24 bits per heavy atom. The van der Waals surface area contributed by atoms with Gasteiger partial charge in [-0.25, -0.2) is 4.98 Å². The summed E-state index contributed by atoms with van der Waals surface area (Å²) in [5, 5.41) is 3.77. The summed E-state index contributed by atoms with van der Waals surface area (Å²) >= 11 is 0. The van der Waals surface area contributed by atoms with Crippen molar-refractivity contribution in [3.63, 3.8) is 0 Å². The van der Waals surface area contributed by atoms with E-state index in [0.717, 1.165) is 24.4 Å². The highest BCUT2D eigenvalue weighted by molar-refractivity contribution is 5.06. The van der Waals surface area contributed by atoms with Gasteiger partial charge in [0.1, 0.15) is 5.82 Å². The van der Waals surface area contributed by atoms with Gasteiger partial charge >= 0.3 is 0 Å². The van der Waals surface area contributed by atoms with Crippen molar-refractivity contribution in [2.75, 3.05) is 6.54 Å². The molecule has 1 aromatic heterocycles. The highest BCUT2D eigenvalue weighted by Gasteiger charge is 2.34.